The maximum Gasteiger partial charge on any atom is 0.419 e. The van der Waals surface area contributed by atoms with Crippen molar-refractivity contribution >= 4 is 34.5 Å². The molecule has 232 valence electrons. The average molecular weight is 588 g/mol. The van der Waals surface area contributed by atoms with Gasteiger partial charge in [0, 0.05) is 42.4 Å². The zero-order chi connectivity index (χ0) is 31.1. The van der Waals surface area contributed by atoms with Gasteiger partial charge in [0.15, 0.2) is 0 Å². The molecule has 3 aromatic rings. The first kappa shape index (κ1) is 32.2. The lowest BCUT2D eigenvalue weighted by molar-refractivity contribution is 0.00928. The second-order valence-corrected chi connectivity index (χ2v) is 11.4. The molecule has 1 atom stereocenters. The first-order valence-electron chi connectivity index (χ1n) is 15.8. The second-order valence-electron chi connectivity index (χ2n) is 11.4. The van der Waals surface area contributed by atoms with Gasteiger partial charge in [-0.05, 0) is 69.9 Å². The summed E-state index contributed by atoms with van der Waals surface area (Å²) in [6, 6.07) is 14.7. The summed E-state index contributed by atoms with van der Waals surface area (Å²) < 4.78 is 13.3. The third-order valence-electron chi connectivity index (χ3n) is 7.42. The summed E-state index contributed by atoms with van der Waals surface area (Å²) in [5.74, 6) is 0. The molecule has 8 nitrogen and oxygen atoms in total. The lowest BCUT2D eigenvalue weighted by atomic mass is 10.0. The van der Waals surface area contributed by atoms with E-state index in [1.165, 1.54) is 23.2 Å². The van der Waals surface area contributed by atoms with Crippen molar-refractivity contribution in [3.63, 3.8) is 0 Å². The van der Waals surface area contributed by atoms with Gasteiger partial charge in [0.1, 0.15) is 11.8 Å². The number of benzene rings is 2. The van der Waals surface area contributed by atoms with Crippen LogP contribution in [0.3, 0.4) is 0 Å². The van der Waals surface area contributed by atoms with Gasteiger partial charge >= 0.3 is 6.09 Å². The van der Waals surface area contributed by atoms with Crippen molar-refractivity contribution in [2.24, 2.45) is 0 Å². The topological polar surface area (TPSA) is 71.0 Å². The number of nitrogens with one attached hydrogen (secondary N) is 2. The smallest absolute Gasteiger partial charge is 0.419 e. The molecule has 2 aromatic carbocycles. The van der Waals surface area contributed by atoms with E-state index < -0.39 is 11.7 Å². The monoisotopic (exact) mass is 587 g/mol. The van der Waals surface area contributed by atoms with Gasteiger partial charge in [-0.25, -0.2) is 14.8 Å². The molecule has 8 heteroatoms. The molecule has 43 heavy (non-hydrogen) atoms. The molecule has 6 rings (SSSR count). The molecule has 3 aliphatic heterocycles. The molecule has 0 amide bonds. The molecule has 0 bridgehead atoms. The number of hydrazine groups is 1. The van der Waals surface area contributed by atoms with E-state index in [1.807, 2.05) is 54.5 Å². The zero-order valence-electron chi connectivity index (χ0n) is 27.0. The van der Waals surface area contributed by atoms with Gasteiger partial charge in [0.25, 0.3) is 0 Å². The Morgan fingerprint density at radius 1 is 1.12 bits per heavy atom. The van der Waals surface area contributed by atoms with E-state index in [1.54, 1.807) is 10.6 Å². The van der Waals surface area contributed by atoms with Crippen molar-refractivity contribution in [2.45, 2.75) is 92.6 Å². The van der Waals surface area contributed by atoms with Crippen molar-refractivity contribution in [1.29, 1.82) is 0 Å². The van der Waals surface area contributed by atoms with Gasteiger partial charge in [-0.2, -0.15) is 0 Å². The van der Waals surface area contributed by atoms with Gasteiger partial charge < -0.3 is 19.7 Å². The van der Waals surface area contributed by atoms with E-state index in [0.29, 0.717) is 13.2 Å². The average Bonchev–Trinajstić information content (AvgIpc) is 3.75. The first-order chi connectivity index (χ1) is 20.8. The van der Waals surface area contributed by atoms with Crippen LogP contribution in [-0.2, 0) is 22.6 Å². The van der Waals surface area contributed by atoms with Crippen molar-refractivity contribution in [2.75, 3.05) is 18.3 Å². The van der Waals surface area contributed by atoms with Gasteiger partial charge in [-0.1, -0.05) is 58.5 Å². The number of nitrogens with zero attached hydrogens (tertiary/aromatic N) is 3. The summed E-state index contributed by atoms with van der Waals surface area (Å²) in [4.78, 5) is 15.3. The minimum absolute atomic E-state index is 0.0911. The van der Waals surface area contributed by atoms with Crippen LogP contribution in [0.5, 0.6) is 0 Å². The lowest BCUT2D eigenvalue weighted by Crippen LogP contribution is -2.44. The summed E-state index contributed by atoms with van der Waals surface area (Å²) in [6.45, 7) is 20.6. The van der Waals surface area contributed by atoms with Gasteiger partial charge in [0.05, 0.1) is 29.3 Å². The van der Waals surface area contributed by atoms with Crippen molar-refractivity contribution in [3.8, 4) is 0 Å². The minimum Gasteiger partial charge on any atom is -0.443 e. The number of carbonyl (C=O) groups excluding carboxylic acids is 1. The molecule has 2 N–H and O–H groups in total. The molecule has 0 saturated carbocycles. The SMILES string of the molecule is C=Cc1cc2ccc(CN3C=C(c4cccc5c4CNN5C4CCCCO4)NC3)cc2n1C(=O)OC(C)(C)C.CC.CC. The number of hydrogen-bond acceptors (Lipinski definition) is 7. The Morgan fingerprint density at radius 2 is 1.91 bits per heavy atom. The molecular weight excluding hydrogens is 538 g/mol. The highest BCUT2D eigenvalue weighted by atomic mass is 16.6. The summed E-state index contributed by atoms with van der Waals surface area (Å²) in [6.07, 6.45) is 6.96. The Morgan fingerprint density at radius 3 is 2.60 bits per heavy atom. The quantitative estimate of drug-likeness (QED) is 0.315. The van der Waals surface area contributed by atoms with Crippen molar-refractivity contribution in [1.82, 2.24) is 20.2 Å². The molecule has 1 aromatic heterocycles. The summed E-state index contributed by atoms with van der Waals surface area (Å²) in [5.41, 5.74) is 10.5. The van der Waals surface area contributed by atoms with Gasteiger partial charge in [0.2, 0.25) is 0 Å². The number of ether oxygens (including phenoxy) is 2. The molecule has 1 saturated heterocycles. The highest BCUT2D eigenvalue weighted by Gasteiger charge is 2.30. The van der Waals surface area contributed by atoms with E-state index in [2.05, 4.69) is 69.8 Å². The van der Waals surface area contributed by atoms with Crippen LogP contribution in [0.4, 0.5) is 10.5 Å². The number of fused-ring (bicyclic) bond motifs is 2. The Bertz CT molecular complexity index is 1450. The van der Waals surface area contributed by atoms with Crippen LogP contribution in [-0.4, -0.2) is 40.7 Å². The highest BCUT2D eigenvalue weighted by molar-refractivity contribution is 5.93. The van der Waals surface area contributed by atoms with Crippen molar-refractivity contribution in [3.05, 3.63) is 77.6 Å². The van der Waals surface area contributed by atoms with Crippen LogP contribution in [0.1, 0.15) is 90.1 Å². The molecular formula is C35H49N5O3. The summed E-state index contributed by atoms with van der Waals surface area (Å²) in [7, 11) is 0. The minimum atomic E-state index is -0.584. The molecule has 1 unspecified atom stereocenters. The second kappa shape index (κ2) is 14.1. The Hall–Kier alpha value is -3.75. The molecule has 4 heterocycles. The third kappa shape index (κ3) is 7.08. The van der Waals surface area contributed by atoms with Crippen LogP contribution in [0.15, 0.2) is 55.2 Å². The molecule has 0 radical (unpaired) electrons. The standard InChI is InChI=1S/C31H37N5O3.2C2H6/c1-5-23-16-22-13-12-21(15-28(22)35(23)30(37)39-31(2,3)4)18-34-19-26(32-20-34)24-9-8-10-27-25(24)17-33-36(27)29-11-6-7-14-38-29;2*1-2/h5,8-10,12-13,15-16,19,29,32-33H,1,6-7,11,14,17-18,20H2,2-4H3;2*1-2H3. The Kier molecular flexibility index (Phi) is 10.6. The predicted octanol–water partition coefficient (Wildman–Crippen LogP) is 7.83. The molecule has 0 spiro atoms. The van der Waals surface area contributed by atoms with E-state index in [-0.39, 0.29) is 6.23 Å². The van der Waals surface area contributed by atoms with Crippen LogP contribution in [0, 0.1) is 0 Å². The van der Waals surface area contributed by atoms with Crippen molar-refractivity contribution < 1.29 is 14.3 Å². The summed E-state index contributed by atoms with van der Waals surface area (Å²) >= 11 is 0. The number of carbonyl (C=O) groups is 1. The number of hydrogen-bond donors (Lipinski definition) is 2. The lowest BCUT2D eigenvalue weighted by Gasteiger charge is -2.32. The van der Waals surface area contributed by atoms with E-state index in [0.717, 1.165) is 53.9 Å². The zero-order valence-corrected chi connectivity index (χ0v) is 27.0. The largest absolute Gasteiger partial charge is 0.443 e. The van der Waals surface area contributed by atoms with Gasteiger partial charge in [-0.3, -0.25) is 5.01 Å². The fraction of sp³-hybridized carbons (Fsp3) is 0.457. The first-order valence-corrected chi connectivity index (χ1v) is 15.8. The fourth-order valence-corrected chi connectivity index (χ4v) is 5.66. The number of rotatable bonds is 5. The van der Waals surface area contributed by atoms with E-state index >= 15 is 0 Å². The predicted molar refractivity (Wildman–Crippen MR) is 177 cm³/mol. The fourth-order valence-electron chi connectivity index (χ4n) is 5.66. The third-order valence-corrected chi connectivity index (χ3v) is 7.42. The summed E-state index contributed by atoms with van der Waals surface area (Å²) in [5, 5.41) is 6.78. The highest BCUT2D eigenvalue weighted by Crippen LogP contribution is 2.35. The van der Waals surface area contributed by atoms with Crippen LogP contribution in [0.2, 0.25) is 0 Å². The van der Waals surface area contributed by atoms with Crippen LogP contribution in [0.25, 0.3) is 22.7 Å². The Balaban J connectivity index is 0.00000102. The number of anilines is 1. The van der Waals surface area contributed by atoms with Gasteiger partial charge in [-0.15, -0.1) is 0 Å². The van der Waals surface area contributed by atoms with Crippen LogP contribution >= 0.6 is 0 Å². The van der Waals surface area contributed by atoms with E-state index in [9.17, 15) is 4.79 Å². The molecule has 3 aliphatic rings. The number of aromatic nitrogens is 1. The normalized spacial score (nSPS) is 17.7. The Labute approximate surface area is 257 Å². The van der Waals surface area contributed by atoms with Crippen LogP contribution < -0.4 is 15.8 Å². The maximum atomic E-state index is 13.0. The molecule has 0 aliphatic carbocycles. The van der Waals surface area contributed by atoms with E-state index in [4.69, 9.17) is 9.47 Å². The molecule has 1 fully saturated rings. The maximum absolute atomic E-state index is 13.0.